The molecule has 1 aliphatic carbocycles. The van der Waals surface area contributed by atoms with Gasteiger partial charge in [0.15, 0.2) is 5.89 Å². The van der Waals surface area contributed by atoms with E-state index in [2.05, 4.69) is 5.32 Å². The second kappa shape index (κ2) is 5.08. The lowest BCUT2D eigenvalue weighted by Gasteiger charge is -2.36. The van der Waals surface area contributed by atoms with Crippen molar-refractivity contribution in [1.82, 2.24) is 10.3 Å². The molecule has 2 saturated heterocycles. The summed E-state index contributed by atoms with van der Waals surface area (Å²) >= 11 is 0. The Balaban J connectivity index is 0.00000110. The molecule has 19 heavy (non-hydrogen) atoms. The predicted molar refractivity (Wildman–Crippen MR) is 73.8 cm³/mol. The Hall–Kier alpha value is -0.580. The van der Waals surface area contributed by atoms with Crippen molar-refractivity contribution in [1.29, 1.82) is 0 Å². The van der Waals surface area contributed by atoms with Gasteiger partial charge in [0, 0.05) is 32.2 Å². The second-order valence-electron chi connectivity index (χ2n) is 6.04. The highest BCUT2D eigenvalue weighted by atomic mass is 35.5. The zero-order chi connectivity index (χ0) is 12.0. The van der Waals surface area contributed by atoms with Crippen molar-refractivity contribution in [3.63, 3.8) is 0 Å². The third kappa shape index (κ3) is 2.30. The van der Waals surface area contributed by atoms with E-state index in [0.29, 0.717) is 17.3 Å². The SMILES string of the molecule is Cl.c1oc(C2CNCC23CCOCC3)nc1C1CC1. The second-order valence-corrected chi connectivity index (χ2v) is 6.04. The first-order valence-electron chi connectivity index (χ1n) is 7.11. The van der Waals surface area contributed by atoms with Crippen molar-refractivity contribution in [3.8, 4) is 0 Å². The molecular formula is C14H21ClN2O2. The molecule has 1 saturated carbocycles. The minimum atomic E-state index is 0. The third-order valence-corrected chi connectivity index (χ3v) is 4.89. The van der Waals surface area contributed by atoms with Crippen LogP contribution < -0.4 is 5.32 Å². The van der Waals surface area contributed by atoms with Crippen molar-refractivity contribution in [3.05, 3.63) is 17.8 Å². The maximum absolute atomic E-state index is 5.79. The van der Waals surface area contributed by atoms with Gasteiger partial charge >= 0.3 is 0 Å². The van der Waals surface area contributed by atoms with Crippen LogP contribution >= 0.6 is 12.4 Å². The first-order chi connectivity index (χ1) is 8.87. The summed E-state index contributed by atoms with van der Waals surface area (Å²) in [5.41, 5.74) is 1.50. The first kappa shape index (κ1) is 13.4. The van der Waals surface area contributed by atoms with E-state index < -0.39 is 0 Å². The molecule has 1 unspecified atom stereocenters. The predicted octanol–water partition coefficient (Wildman–Crippen LogP) is 2.46. The van der Waals surface area contributed by atoms with E-state index >= 15 is 0 Å². The Morgan fingerprint density at radius 2 is 2.05 bits per heavy atom. The van der Waals surface area contributed by atoms with Crippen LogP contribution in [0.1, 0.15) is 49.1 Å². The highest BCUT2D eigenvalue weighted by molar-refractivity contribution is 5.85. The number of hydrogen-bond acceptors (Lipinski definition) is 4. The molecule has 3 heterocycles. The summed E-state index contributed by atoms with van der Waals surface area (Å²) in [6, 6.07) is 0. The van der Waals surface area contributed by atoms with Gasteiger partial charge in [0.1, 0.15) is 6.26 Å². The molecule has 4 nitrogen and oxygen atoms in total. The number of nitrogens with zero attached hydrogens (tertiary/aromatic N) is 1. The van der Waals surface area contributed by atoms with Crippen molar-refractivity contribution in [2.75, 3.05) is 26.3 Å². The van der Waals surface area contributed by atoms with Crippen LogP contribution in [0, 0.1) is 5.41 Å². The van der Waals surface area contributed by atoms with Crippen molar-refractivity contribution < 1.29 is 9.15 Å². The summed E-state index contributed by atoms with van der Waals surface area (Å²) in [7, 11) is 0. The topological polar surface area (TPSA) is 47.3 Å². The maximum atomic E-state index is 5.79. The summed E-state index contributed by atoms with van der Waals surface area (Å²) in [6.45, 7) is 3.86. The van der Waals surface area contributed by atoms with E-state index in [4.69, 9.17) is 14.1 Å². The monoisotopic (exact) mass is 284 g/mol. The highest BCUT2D eigenvalue weighted by Crippen LogP contribution is 2.47. The van der Waals surface area contributed by atoms with Crippen LogP contribution in [0.3, 0.4) is 0 Å². The molecule has 3 fully saturated rings. The maximum Gasteiger partial charge on any atom is 0.199 e. The zero-order valence-electron chi connectivity index (χ0n) is 11.1. The summed E-state index contributed by atoms with van der Waals surface area (Å²) in [4.78, 5) is 4.76. The molecule has 0 radical (unpaired) electrons. The van der Waals surface area contributed by atoms with E-state index in [1.54, 1.807) is 0 Å². The summed E-state index contributed by atoms with van der Waals surface area (Å²) in [5, 5.41) is 3.53. The molecule has 0 aromatic carbocycles. The summed E-state index contributed by atoms with van der Waals surface area (Å²) in [6.07, 6.45) is 6.72. The van der Waals surface area contributed by atoms with Gasteiger partial charge in [-0.3, -0.25) is 0 Å². The lowest BCUT2D eigenvalue weighted by atomic mass is 9.72. The Bertz CT molecular complexity index is 438. The van der Waals surface area contributed by atoms with Gasteiger partial charge in [-0.15, -0.1) is 12.4 Å². The minimum absolute atomic E-state index is 0. The van der Waals surface area contributed by atoms with E-state index in [0.717, 1.165) is 45.0 Å². The van der Waals surface area contributed by atoms with Gasteiger partial charge in [-0.05, 0) is 31.1 Å². The van der Waals surface area contributed by atoms with E-state index in [-0.39, 0.29) is 12.4 Å². The molecule has 0 amide bonds. The van der Waals surface area contributed by atoms with Gasteiger partial charge in [0.25, 0.3) is 0 Å². The van der Waals surface area contributed by atoms with Gasteiger partial charge < -0.3 is 14.5 Å². The number of oxazole rings is 1. The van der Waals surface area contributed by atoms with E-state index in [1.807, 2.05) is 6.26 Å². The Morgan fingerprint density at radius 1 is 1.26 bits per heavy atom. The van der Waals surface area contributed by atoms with E-state index in [9.17, 15) is 0 Å². The zero-order valence-corrected chi connectivity index (χ0v) is 11.9. The van der Waals surface area contributed by atoms with Gasteiger partial charge in [-0.1, -0.05) is 0 Å². The van der Waals surface area contributed by atoms with Gasteiger partial charge in [0.2, 0.25) is 0 Å². The van der Waals surface area contributed by atoms with Crippen molar-refractivity contribution >= 4 is 12.4 Å². The number of halogens is 1. The molecule has 1 spiro atoms. The van der Waals surface area contributed by atoms with Crippen LogP contribution in [-0.2, 0) is 4.74 Å². The van der Waals surface area contributed by atoms with Crippen LogP contribution in [0.4, 0.5) is 0 Å². The van der Waals surface area contributed by atoms with Crippen LogP contribution in [0.5, 0.6) is 0 Å². The van der Waals surface area contributed by atoms with Gasteiger partial charge in [0.05, 0.1) is 11.6 Å². The van der Waals surface area contributed by atoms with Crippen LogP contribution in [-0.4, -0.2) is 31.3 Å². The molecular weight excluding hydrogens is 264 g/mol. The molecule has 1 N–H and O–H groups in total. The molecule has 0 bridgehead atoms. The Kier molecular flexibility index (Phi) is 3.58. The molecule has 5 heteroatoms. The fourth-order valence-electron chi connectivity index (χ4n) is 3.48. The quantitative estimate of drug-likeness (QED) is 0.906. The standard InChI is InChI=1S/C14H20N2O2.ClH/c1-2-10(1)12-8-18-13(16-12)11-7-15-9-14(11)3-5-17-6-4-14;/h8,10-11,15H,1-7,9H2;1H. The van der Waals surface area contributed by atoms with Gasteiger partial charge in [-0.25, -0.2) is 4.98 Å². The number of hydrogen-bond donors (Lipinski definition) is 1. The molecule has 2 aliphatic heterocycles. The molecule has 1 aromatic heterocycles. The lowest BCUT2D eigenvalue weighted by Crippen LogP contribution is -2.35. The fraction of sp³-hybridized carbons (Fsp3) is 0.786. The van der Waals surface area contributed by atoms with Crippen molar-refractivity contribution in [2.45, 2.75) is 37.5 Å². The largest absolute Gasteiger partial charge is 0.448 e. The number of aromatic nitrogens is 1. The molecule has 1 atom stereocenters. The van der Waals surface area contributed by atoms with Crippen LogP contribution in [0.25, 0.3) is 0 Å². The van der Waals surface area contributed by atoms with Crippen LogP contribution in [0.15, 0.2) is 10.7 Å². The average Bonchev–Trinajstić information content (AvgIpc) is 3.01. The van der Waals surface area contributed by atoms with Crippen molar-refractivity contribution in [2.24, 2.45) is 5.41 Å². The number of nitrogens with one attached hydrogen (secondary N) is 1. The number of rotatable bonds is 2. The van der Waals surface area contributed by atoms with E-state index in [1.165, 1.54) is 18.5 Å². The normalized spacial score (nSPS) is 29.4. The first-order valence-corrected chi connectivity index (χ1v) is 7.11. The molecule has 1 aromatic rings. The summed E-state index contributed by atoms with van der Waals surface area (Å²) < 4.78 is 11.3. The summed E-state index contributed by atoms with van der Waals surface area (Å²) in [5.74, 6) is 2.08. The van der Waals surface area contributed by atoms with Crippen LogP contribution in [0.2, 0.25) is 0 Å². The highest BCUT2D eigenvalue weighted by Gasteiger charge is 2.47. The molecule has 106 valence electrons. The lowest BCUT2D eigenvalue weighted by molar-refractivity contribution is 0.0129. The Morgan fingerprint density at radius 3 is 2.79 bits per heavy atom. The minimum Gasteiger partial charge on any atom is -0.448 e. The third-order valence-electron chi connectivity index (χ3n) is 4.89. The average molecular weight is 285 g/mol. The number of ether oxygens (including phenoxy) is 1. The van der Waals surface area contributed by atoms with Gasteiger partial charge in [-0.2, -0.15) is 0 Å². The Labute approximate surface area is 119 Å². The smallest absolute Gasteiger partial charge is 0.199 e. The molecule has 4 rings (SSSR count). The fourth-order valence-corrected chi connectivity index (χ4v) is 3.48. The molecule has 3 aliphatic rings.